The Balaban J connectivity index is 1.67. The number of piperazine rings is 1. The summed E-state index contributed by atoms with van der Waals surface area (Å²) in [7, 11) is 0. The van der Waals surface area contributed by atoms with Crippen molar-refractivity contribution >= 4 is 17.8 Å². The third-order valence-electron chi connectivity index (χ3n) is 4.97. The summed E-state index contributed by atoms with van der Waals surface area (Å²) in [6.07, 6.45) is 2.14. The number of nitrogens with zero attached hydrogens (tertiary/aromatic N) is 2. The van der Waals surface area contributed by atoms with E-state index in [-0.39, 0.29) is 29.7 Å². The Hall–Kier alpha value is -2.37. The fraction of sp³-hybridized carbons (Fsp3) is 0.526. The second kappa shape index (κ2) is 6.50. The zero-order valence-corrected chi connectivity index (χ0v) is 14.7. The van der Waals surface area contributed by atoms with Crippen molar-refractivity contribution in [2.24, 2.45) is 5.92 Å². The first kappa shape index (κ1) is 17.5. The van der Waals surface area contributed by atoms with Gasteiger partial charge in [0, 0.05) is 25.6 Å². The Labute approximate surface area is 147 Å². The molecule has 0 aromatic heterocycles. The number of hydrogen-bond donors (Lipinski definition) is 1. The fourth-order valence-electron chi connectivity index (χ4n) is 3.48. The molecule has 1 aliphatic heterocycles. The quantitative estimate of drug-likeness (QED) is 0.903. The molecule has 1 aliphatic carbocycles. The van der Waals surface area contributed by atoms with Gasteiger partial charge >= 0.3 is 5.97 Å². The van der Waals surface area contributed by atoms with Gasteiger partial charge in [0.25, 0.3) is 0 Å². The molecule has 6 nitrogen and oxygen atoms in total. The van der Waals surface area contributed by atoms with Crippen molar-refractivity contribution < 1.29 is 19.5 Å². The molecule has 2 aliphatic rings. The van der Waals surface area contributed by atoms with Gasteiger partial charge in [-0.15, -0.1) is 0 Å². The van der Waals surface area contributed by atoms with E-state index in [1.165, 1.54) is 6.07 Å². The number of benzene rings is 1. The van der Waals surface area contributed by atoms with E-state index in [1.54, 1.807) is 18.2 Å². The maximum Gasteiger partial charge on any atom is 0.335 e. The van der Waals surface area contributed by atoms with Crippen LogP contribution in [0.3, 0.4) is 0 Å². The lowest BCUT2D eigenvalue weighted by molar-refractivity contribution is -0.147. The van der Waals surface area contributed by atoms with Crippen molar-refractivity contribution in [1.29, 1.82) is 0 Å². The molecule has 0 bridgehead atoms. The summed E-state index contributed by atoms with van der Waals surface area (Å²) in [5.41, 5.74) is 0.450. The van der Waals surface area contributed by atoms with Crippen LogP contribution in [0, 0.1) is 5.92 Å². The van der Waals surface area contributed by atoms with Crippen LogP contribution in [0.1, 0.15) is 42.6 Å². The molecule has 1 N–H and O–H groups in total. The predicted octanol–water partition coefficient (Wildman–Crippen LogP) is 1.79. The Morgan fingerprint density at radius 2 is 1.92 bits per heavy atom. The van der Waals surface area contributed by atoms with Crippen LogP contribution in [-0.4, -0.2) is 57.9 Å². The Morgan fingerprint density at radius 3 is 2.52 bits per heavy atom. The average Bonchev–Trinajstić information content (AvgIpc) is 3.38. The van der Waals surface area contributed by atoms with Crippen LogP contribution in [0.15, 0.2) is 24.3 Å². The summed E-state index contributed by atoms with van der Waals surface area (Å²) in [6.45, 7) is 5.58. The number of carboxylic acids is 1. The average molecular weight is 344 g/mol. The minimum Gasteiger partial charge on any atom is -0.478 e. The van der Waals surface area contributed by atoms with E-state index in [9.17, 15) is 14.4 Å². The highest BCUT2D eigenvalue weighted by Crippen LogP contribution is 2.33. The van der Waals surface area contributed by atoms with E-state index in [0.717, 1.165) is 12.8 Å². The van der Waals surface area contributed by atoms with Crippen molar-refractivity contribution in [3.05, 3.63) is 35.4 Å². The van der Waals surface area contributed by atoms with E-state index < -0.39 is 11.5 Å². The monoisotopic (exact) mass is 344 g/mol. The standard InChI is InChI=1S/C19H24N2O4/c1-19(2)12-20(17(23)14-6-7-14)8-9-21(19)16(22)11-13-4-3-5-15(10-13)18(24)25/h3-5,10,14H,6-9,11-12H2,1-2H3,(H,24,25). The van der Waals surface area contributed by atoms with Gasteiger partial charge in [-0.25, -0.2) is 4.79 Å². The molecular formula is C19H24N2O4. The summed E-state index contributed by atoms with van der Waals surface area (Å²) in [4.78, 5) is 39.8. The molecule has 2 fully saturated rings. The Bertz CT molecular complexity index is 709. The second-order valence-corrected chi connectivity index (χ2v) is 7.57. The summed E-state index contributed by atoms with van der Waals surface area (Å²) < 4.78 is 0. The van der Waals surface area contributed by atoms with Crippen molar-refractivity contribution in [2.75, 3.05) is 19.6 Å². The van der Waals surface area contributed by atoms with Crippen molar-refractivity contribution in [2.45, 2.75) is 38.6 Å². The molecule has 3 rings (SSSR count). The smallest absolute Gasteiger partial charge is 0.335 e. The molecule has 0 atom stereocenters. The van der Waals surface area contributed by atoms with Gasteiger partial charge in [-0.2, -0.15) is 0 Å². The van der Waals surface area contributed by atoms with Gasteiger partial charge in [0.1, 0.15) is 0 Å². The van der Waals surface area contributed by atoms with Crippen LogP contribution < -0.4 is 0 Å². The largest absolute Gasteiger partial charge is 0.478 e. The maximum atomic E-state index is 12.8. The van der Waals surface area contributed by atoms with Crippen LogP contribution in [0.5, 0.6) is 0 Å². The van der Waals surface area contributed by atoms with Crippen LogP contribution in [-0.2, 0) is 16.0 Å². The molecule has 1 saturated heterocycles. The van der Waals surface area contributed by atoms with Gasteiger partial charge in [-0.05, 0) is 44.4 Å². The molecule has 0 radical (unpaired) electrons. The molecular weight excluding hydrogens is 320 g/mol. The number of carbonyl (C=O) groups is 3. The number of rotatable bonds is 4. The first-order valence-corrected chi connectivity index (χ1v) is 8.69. The van der Waals surface area contributed by atoms with E-state index in [4.69, 9.17) is 5.11 Å². The van der Waals surface area contributed by atoms with E-state index >= 15 is 0 Å². The highest BCUT2D eigenvalue weighted by atomic mass is 16.4. The summed E-state index contributed by atoms with van der Waals surface area (Å²) >= 11 is 0. The molecule has 6 heteroatoms. The van der Waals surface area contributed by atoms with Gasteiger partial charge in [-0.1, -0.05) is 12.1 Å². The molecule has 1 aromatic carbocycles. The number of carbonyl (C=O) groups excluding carboxylic acids is 2. The highest BCUT2D eigenvalue weighted by molar-refractivity contribution is 5.88. The molecule has 0 spiro atoms. The van der Waals surface area contributed by atoms with Gasteiger partial charge in [0.05, 0.1) is 17.5 Å². The molecule has 134 valence electrons. The number of hydrogen-bond acceptors (Lipinski definition) is 3. The van der Waals surface area contributed by atoms with Crippen LogP contribution in [0.25, 0.3) is 0 Å². The molecule has 1 aromatic rings. The normalized spacial score (nSPS) is 19.6. The van der Waals surface area contributed by atoms with Gasteiger partial charge < -0.3 is 14.9 Å². The first-order chi connectivity index (χ1) is 11.8. The lowest BCUT2D eigenvalue weighted by atomic mass is 9.96. The maximum absolute atomic E-state index is 12.8. The zero-order valence-electron chi connectivity index (χ0n) is 14.7. The Kier molecular flexibility index (Phi) is 4.54. The molecule has 0 unspecified atom stereocenters. The van der Waals surface area contributed by atoms with Crippen LogP contribution in [0.4, 0.5) is 0 Å². The highest BCUT2D eigenvalue weighted by Gasteiger charge is 2.41. The summed E-state index contributed by atoms with van der Waals surface area (Å²) in [5.74, 6) is -0.626. The van der Waals surface area contributed by atoms with Gasteiger partial charge in [0.2, 0.25) is 11.8 Å². The number of aromatic carboxylic acids is 1. The third kappa shape index (κ3) is 3.83. The molecule has 25 heavy (non-hydrogen) atoms. The summed E-state index contributed by atoms with van der Waals surface area (Å²) in [6, 6.07) is 6.48. The molecule has 1 saturated carbocycles. The first-order valence-electron chi connectivity index (χ1n) is 8.69. The van der Waals surface area contributed by atoms with Crippen molar-refractivity contribution in [3.63, 3.8) is 0 Å². The topological polar surface area (TPSA) is 77.9 Å². The number of amides is 2. The number of carboxylic acid groups (broad SMARTS) is 1. The van der Waals surface area contributed by atoms with Crippen LogP contribution in [0.2, 0.25) is 0 Å². The van der Waals surface area contributed by atoms with Crippen LogP contribution >= 0.6 is 0 Å². The van der Waals surface area contributed by atoms with Gasteiger partial charge in [-0.3, -0.25) is 9.59 Å². The van der Waals surface area contributed by atoms with E-state index in [0.29, 0.717) is 25.2 Å². The second-order valence-electron chi connectivity index (χ2n) is 7.57. The lowest BCUT2D eigenvalue weighted by Gasteiger charge is -2.47. The van der Waals surface area contributed by atoms with E-state index in [2.05, 4.69) is 0 Å². The predicted molar refractivity (Wildman–Crippen MR) is 92.2 cm³/mol. The Morgan fingerprint density at radius 1 is 1.20 bits per heavy atom. The third-order valence-corrected chi connectivity index (χ3v) is 4.97. The molecule has 1 heterocycles. The minimum absolute atomic E-state index is 0.0361. The van der Waals surface area contributed by atoms with E-state index in [1.807, 2.05) is 23.6 Å². The lowest BCUT2D eigenvalue weighted by Crippen LogP contribution is -2.62. The summed E-state index contributed by atoms with van der Waals surface area (Å²) in [5, 5.41) is 9.07. The molecule has 2 amide bonds. The van der Waals surface area contributed by atoms with Crippen molar-refractivity contribution in [3.8, 4) is 0 Å². The fourth-order valence-corrected chi connectivity index (χ4v) is 3.48. The van der Waals surface area contributed by atoms with Gasteiger partial charge in [0.15, 0.2) is 0 Å². The van der Waals surface area contributed by atoms with Crippen molar-refractivity contribution in [1.82, 2.24) is 9.80 Å². The SMILES string of the molecule is CC1(C)CN(C(=O)C2CC2)CCN1C(=O)Cc1cccc(C(=O)O)c1. The zero-order chi connectivity index (χ0) is 18.2. The minimum atomic E-state index is -0.998.